The molecule has 0 aromatic rings. The van der Waals surface area contributed by atoms with Crippen LogP contribution in [0.5, 0.6) is 0 Å². The minimum absolute atomic E-state index is 0. The molecule has 0 fully saturated rings. The minimum atomic E-state index is -3.08. The Hall–Kier alpha value is -0.0900. The van der Waals surface area contributed by atoms with Gasteiger partial charge < -0.3 is 10.6 Å². The second-order valence-corrected chi connectivity index (χ2v) is 8.27. The van der Waals surface area contributed by atoms with Crippen molar-refractivity contribution in [1.29, 1.82) is 0 Å². The molecule has 0 aliphatic carbocycles. The van der Waals surface area contributed by atoms with Gasteiger partial charge >= 0.3 is 0 Å². The molecule has 0 amide bonds. The molecule has 0 aliphatic heterocycles. The van der Waals surface area contributed by atoms with Crippen LogP contribution in [0.25, 0.3) is 0 Å². The number of hydrogen-bond acceptors (Lipinski definition) is 3. The molecule has 0 spiro atoms. The van der Waals surface area contributed by atoms with Gasteiger partial charge in [0.1, 0.15) is 0 Å². The predicted molar refractivity (Wildman–Crippen MR) is 115 cm³/mol. The second-order valence-electron chi connectivity index (χ2n) is 6.17. The third-order valence-corrected chi connectivity index (χ3v) is 4.98. The fourth-order valence-corrected chi connectivity index (χ4v) is 2.74. The molecule has 0 atom stereocenters. The zero-order valence-electron chi connectivity index (χ0n) is 15.7. The Bertz CT molecular complexity index is 414. The summed E-state index contributed by atoms with van der Waals surface area (Å²) in [7, 11) is -1.33. The van der Waals surface area contributed by atoms with Gasteiger partial charge in [0.25, 0.3) is 0 Å². The van der Waals surface area contributed by atoms with E-state index < -0.39 is 10.0 Å². The maximum absolute atomic E-state index is 11.3. The first-order valence-corrected chi connectivity index (χ1v) is 10.5. The zero-order chi connectivity index (χ0) is 17.6. The fraction of sp³-hybridized carbons (Fsp3) is 0.938. The Kier molecular flexibility index (Phi) is 17.8. The molecule has 0 aromatic carbocycles. The molecular weight excluding hydrogens is 439 g/mol. The smallest absolute Gasteiger partial charge is 0.211 e. The number of rotatable bonds is 13. The number of halogens is 1. The van der Waals surface area contributed by atoms with Crippen LogP contribution in [0.3, 0.4) is 0 Å². The van der Waals surface area contributed by atoms with E-state index in [9.17, 15) is 8.42 Å². The topological polar surface area (TPSA) is 82.6 Å². The summed E-state index contributed by atoms with van der Waals surface area (Å²) < 4.78 is 25.1. The third kappa shape index (κ3) is 16.8. The molecule has 0 radical (unpaired) electrons. The Morgan fingerprint density at radius 3 is 2.08 bits per heavy atom. The van der Waals surface area contributed by atoms with E-state index in [1.807, 2.05) is 0 Å². The van der Waals surface area contributed by atoms with Gasteiger partial charge in [0.05, 0.1) is 5.75 Å². The summed E-state index contributed by atoms with van der Waals surface area (Å²) in [4.78, 5) is 4.16. The van der Waals surface area contributed by atoms with Gasteiger partial charge in [-0.25, -0.2) is 13.1 Å². The standard InChI is InChI=1S/C16H36N4O2S.HI/c1-5-23(21,22)20-14-10-13-19-16(17-4)18-12-9-7-6-8-11-15(2)3;/h15,20H,5-14H2,1-4H3,(H2,17,18,19);1H. The van der Waals surface area contributed by atoms with E-state index in [0.717, 1.165) is 31.3 Å². The second kappa shape index (κ2) is 16.4. The fourth-order valence-electron chi connectivity index (χ4n) is 2.08. The Morgan fingerprint density at radius 2 is 1.54 bits per heavy atom. The zero-order valence-corrected chi connectivity index (χ0v) is 18.9. The molecule has 0 aromatic heterocycles. The monoisotopic (exact) mass is 476 g/mol. The molecule has 8 heteroatoms. The summed E-state index contributed by atoms with van der Waals surface area (Å²) in [5, 5.41) is 6.48. The van der Waals surface area contributed by atoms with Crippen LogP contribution in [0.2, 0.25) is 0 Å². The molecule has 0 bridgehead atoms. The van der Waals surface area contributed by atoms with Gasteiger partial charge in [-0.3, -0.25) is 4.99 Å². The van der Waals surface area contributed by atoms with Gasteiger partial charge in [-0.05, 0) is 25.7 Å². The summed E-state index contributed by atoms with van der Waals surface area (Å²) in [5.41, 5.74) is 0. The molecule has 0 heterocycles. The maximum Gasteiger partial charge on any atom is 0.211 e. The lowest BCUT2D eigenvalue weighted by Crippen LogP contribution is -2.39. The van der Waals surface area contributed by atoms with Crippen molar-refractivity contribution in [3.05, 3.63) is 0 Å². The van der Waals surface area contributed by atoms with Crippen LogP contribution in [-0.4, -0.2) is 46.8 Å². The summed E-state index contributed by atoms with van der Waals surface area (Å²) in [6, 6.07) is 0. The van der Waals surface area contributed by atoms with Gasteiger partial charge in [0, 0.05) is 26.7 Å². The normalized spacial score (nSPS) is 12.1. The quantitative estimate of drug-likeness (QED) is 0.165. The number of nitrogens with zero attached hydrogens (tertiary/aromatic N) is 1. The van der Waals surface area contributed by atoms with Crippen molar-refractivity contribution in [2.75, 3.05) is 32.4 Å². The van der Waals surface area contributed by atoms with Crippen LogP contribution in [0, 0.1) is 5.92 Å². The summed E-state index contributed by atoms with van der Waals surface area (Å²) in [6.45, 7) is 8.24. The molecule has 6 nitrogen and oxygen atoms in total. The van der Waals surface area contributed by atoms with Crippen molar-refractivity contribution >= 4 is 40.0 Å². The number of sulfonamides is 1. The van der Waals surface area contributed by atoms with E-state index in [0.29, 0.717) is 13.1 Å². The molecule has 0 saturated carbocycles. The maximum atomic E-state index is 11.3. The average Bonchev–Trinajstić information content (AvgIpc) is 2.51. The molecular formula is C16H37IN4O2S. The first-order valence-electron chi connectivity index (χ1n) is 8.83. The molecule has 3 N–H and O–H groups in total. The third-order valence-electron chi connectivity index (χ3n) is 3.57. The summed E-state index contributed by atoms with van der Waals surface area (Å²) in [5.74, 6) is 1.71. The average molecular weight is 476 g/mol. The van der Waals surface area contributed by atoms with Crippen molar-refractivity contribution in [3.8, 4) is 0 Å². The van der Waals surface area contributed by atoms with Gasteiger partial charge in [0.15, 0.2) is 5.96 Å². The van der Waals surface area contributed by atoms with E-state index >= 15 is 0 Å². The van der Waals surface area contributed by atoms with E-state index in [4.69, 9.17) is 0 Å². The molecule has 0 aliphatic rings. The number of aliphatic imine (C=N–C) groups is 1. The lowest BCUT2D eigenvalue weighted by molar-refractivity contribution is 0.518. The molecule has 0 saturated heterocycles. The number of guanidine groups is 1. The van der Waals surface area contributed by atoms with E-state index in [1.54, 1.807) is 14.0 Å². The van der Waals surface area contributed by atoms with Crippen LogP contribution >= 0.6 is 24.0 Å². The molecule has 0 unspecified atom stereocenters. The largest absolute Gasteiger partial charge is 0.356 e. The number of unbranched alkanes of at least 4 members (excludes halogenated alkanes) is 3. The van der Waals surface area contributed by atoms with Gasteiger partial charge in [-0.2, -0.15) is 0 Å². The molecule has 0 rings (SSSR count). The Labute approximate surface area is 166 Å². The van der Waals surface area contributed by atoms with Gasteiger partial charge in [0.2, 0.25) is 10.0 Å². The highest BCUT2D eigenvalue weighted by molar-refractivity contribution is 14.0. The molecule has 146 valence electrons. The predicted octanol–water partition coefficient (Wildman–Crippen LogP) is 2.71. The van der Waals surface area contributed by atoms with Crippen LogP contribution < -0.4 is 15.4 Å². The van der Waals surface area contributed by atoms with Crippen molar-refractivity contribution < 1.29 is 8.42 Å². The number of nitrogens with one attached hydrogen (secondary N) is 3. The first-order chi connectivity index (χ1) is 10.9. The lowest BCUT2D eigenvalue weighted by atomic mass is 10.0. The Balaban J connectivity index is 0. The summed E-state index contributed by atoms with van der Waals surface area (Å²) in [6.07, 6.45) is 7.06. The highest BCUT2D eigenvalue weighted by atomic mass is 127. The molecule has 24 heavy (non-hydrogen) atoms. The highest BCUT2D eigenvalue weighted by Gasteiger charge is 2.04. The van der Waals surface area contributed by atoms with E-state index in [2.05, 4.69) is 34.2 Å². The first kappa shape index (κ1) is 26.1. The number of hydrogen-bond donors (Lipinski definition) is 3. The van der Waals surface area contributed by atoms with Gasteiger partial charge in [-0.1, -0.05) is 39.5 Å². The van der Waals surface area contributed by atoms with Crippen LogP contribution in [0.4, 0.5) is 0 Å². The minimum Gasteiger partial charge on any atom is -0.356 e. The Morgan fingerprint density at radius 1 is 0.958 bits per heavy atom. The summed E-state index contributed by atoms with van der Waals surface area (Å²) >= 11 is 0. The van der Waals surface area contributed by atoms with Crippen molar-refractivity contribution in [1.82, 2.24) is 15.4 Å². The van der Waals surface area contributed by atoms with Crippen LogP contribution in [-0.2, 0) is 10.0 Å². The van der Waals surface area contributed by atoms with Crippen molar-refractivity contribution in [3.63, 3.8) is 0 Å². The lowest BCUT2D eigenvalue weighted by Gasteiger charge is -2.12. The van der Waals surface area contributed by atoms with Crippen LogP contribution in [0.15, 0.2) is 4.99 Å². The SMILES string of the molecule is CCS(=O)(=O)NCCCNC(=NC)NCCCCCCC(C)C.I. The van der Waals surface area contributed by atoms with Crippen molar-refractivity contribution in [2.45, 2.75) is 59.3 Å². The van der Waals surface area contributed by atoms with E-state index in [-0.39, 0.29) is 29.7 Å². The van der Waals surface area contributed by atoms with E-state index in [1.165, 1.54) is 25.7 Å². The van der Waals surface area contributed by atoms with Gasteiger partial charge in [-0.15, -0.1) is 24.0 Å². The van der Waals surface area contributed by atoms with Crippen LogP contribution in [0.1, 0.15) is 59.3 Å². The van der Waals surface area contributed by atoms with Crippen molar-refractivity contribution in [2.24, 2.45) is 10.9 Å². The highest BCUT2D eigenvalue weighted by Crippen LogP contribution is 2.08.